The largest absolute Gasteiger partial charge is 0.465 e. The second-order valence-corrected chi connectivity index (χ2v) is 15.9. The Hall–Kier alpha value is -1.71. The van der Waals surface area contributed by atoms with Crippen LogP contribution in [0.25, 0.3) is 0 Å². The number of amides is 1. The first-order chi connectivity index (χ1) is 26.3. The van der Waals surface area contributed by atoms with E-state index in [0.29, 0.717) is 46.1 Å². The molecule has 0 bridgehead atoms. The maximum Gasteiger partial charge on any atom is 0.308 e. The molecule has 9 nitrogen and oxygen atoms in total. The van der Waals surface area contributed by atoms with Crippen LogP contribution in [0.2, 0.25) is 0 Å². The Morgan fingerprint density at radius 1 is 0.481 bits per heavy atom. The van der Waals surface area contributed by atoms with E-state index in [4.69, 9.17) is 18.9 Å². The molecule has 0 heterocycles. The monoisotopic (exact) mass is 769 g/mol. The van der Waals surface area contributed by atoms with E-state index in [-0.39, 0.29) is 35.7 Å². The molecule has 54 heavy (non-hydrogen) atoms. The van der Waals surface area contributed by atoms with Gasteiger partial charge in [0.1, 0.15) is 0 Å². The summed E-state index contributed by atoms with van der Waals surface area (Å²) in [6.45, 7) is 12.4. The van der Waals surface area contributed by atoms with Crippen LogP contribution in [0.15, 0.2) is 0 Å². The molecule has 0 unspecified atom stereocenters. The number of nitrogens with zero attached hydrogens (tertiary/aromatic N) is 1. The van der Waals surface area contributed by atoms with Gasteiger partial charge < -0.3 is 29.2 Å². The van der Waals surface area contributed by atoms with Crippen LogP contribution >= 0.6 is 0 Å². The average Bonchev–Trinajstić information content (AvgIpc) is 3.15. The Morgan fingerprint density at radius 3 is 1.20 bits per heavy atom. The maximum absolute atomic E-state index is 12.9. The van der Waals surface area contributed by atoms with E-state index in [9.17, 15) is 14.4 Å². The second kappa shape index (κ2) is 39.5. The molecule has 0 fully saturated rings. The quantitative estimate of drug-likeness (QED) is 0.0484. The molecule has 0 aromatic rings. The van der Waals surface area contributed by atoms with Crippen LogP contribution in [0.5, 0.6) is 0 Å². The minimum atomic E-state index is -0.241. The number of ether oxygens (including phenoxy) is 4. The molecule has 0 aromatic heterocycles. The fourth-order valence-electron chi connectivity index (χ4n) is 6.66. The Bertz CT molecular complexity index is 778. The van der Waals surface area contributed by atoms with Crippen LogP contribution in [-0.4, -0.2) is 89.1 Å². The lowest BCUT2D eigenvalue weighted by Crippen LogP contribution is -2.42. The SMILES string of the molecule is CCCCCCC(CCCCCC)C(=O)OCCCCOCC(COCCCCOC(=O)C(CCCCCC)CCCCCC)NC(=O)CCCN(C)C. The van der Waals surface area contributed by atoms with Gasteiger partial charge in [-0.1, -0.05) is 130 Å². The van der Waals surface area contributed by atoms with Crippen molar-refractivity contribution < 1.29 is 33.3 Å². The third-order valence-electron chi connectivity index (χ3n) is 10.2. The molecule has 1 N–H and O–H groups in total. The highest BCUT2D eigenvalue weighted by Crippen LogP contribution is 2.21. The predicted molar refractivity (Wildman–Crippen MR) is 224 cm³/mol. The van der Waals surface area contributed by atoms with Gasteiger partial charge in [0.15, 0.2) is 0 Å². The van der Waals surface area contributed by atoms with Gasteiger partial charge in [-0.25, -0.2) is 0 Å². The van der Waals surface area contributed by atoms with Crippen molar-refractivity contribution in [3.8, 4) is 0 Å². The van der Waals surface area contributed by atoms with Gasteiger partial charge in [0, 0.05) is 19.6 Å². The van der Waals surface area contributed by atoms with E-state index < -0.39 is 0 Å². The molecule has 0 aliphatic rings. The van der Waals surface area contributed by atoms with Crippen molar-refractivity contribution in [2.45, 2.75) is 201 Å². The molecule has 1 amide bonds. The molecule has 9 heteroatoms. The average molecular weight is 769 g/mol. The van der Waals surface area contributed by atoms with Gasteiger partial charge in [0.2, 0.25) is 5.91 Å². The summed E-state index contributed by atoms with van der Waals surface area (Å²) in [5.74, 6) is -0.0119. The smallest absolute Gasteiger partial charge is 0.308 e. The normalized spacial score (nSPS) is 11.7. The number of carbonyl (C=O) groups excluding carboxylic acids is 3. The van der Waals surface area contributed by atoms with E-state index in [1.807, 2.05) is 14.1 Å². The van der Waals surface area contributed by atoms with Crippen molar-refractivity contribution in [3.05, 3.63) is 0 Å². The Kier molecular flexibility index (Phi) is 38.3. The first-order valence-electron chi connectivity index (χ1n) is 22.7. The zero-order chi connectivity index (χ0) is 39.9. The summed E-state index contributed by atoms with van der Waals surface area (Å²) in [5.41, 5.74) is 0. The minimum Gasteiger partial charge on any atom is -0.465 e. The highest BCUT2D eigenvalue weighted by atomic mass is 16.5. The zero-order valence-corrected chi connectivity index (χ0v) is 36.4. The molecular weight excluding hydrogens is 681 g/mol. The fraction of sp³-hybridized carbons (Fsp3) is 0.933. The third kappa shape index (κ3) is 33.6. The van der Waals surface area contributed by atoms with Gasteiger partial charge >= 0.3 is 11.9 Å². The van der Waals surface area contributed by atoms with Crippen molar-refractivity contribution in [2.75, 3.05) is 60.3 Å². The number of nitrogens with one attached hydrogen (secondary N) is 1. The van der Waals surface area contributed by atoms with Crippen LogP contribution in [0.4, 0.5) is 0 Å². The second-order valence-electron chi connectivity index (χ2n) is 15.9. The summed E-state index contributed by atoms with van der Waals surface area (Å²) in [6, 6.07) is -0.241. The number of hydrogen-bond donors (Lipinski definition) is 1. The summed E-state index contributed by atoms with van der Waals surface area (Å²) >= 11 is 0. The predicted octanol–water partition coefficient (Wildman–Crippen LogP) is 10.6. The van der Waals surface area contributed by atoms with Gasteiger partial charge in [-0.05, 0) is 78.4 Å². The Morgan fingerprint density at radius 2 is 0.852 bits per heavy atom. The lowest BCUT2D eigenvalue weighted by Gasteiger charge is -2.20. The topological polar surface area (TPSA) is 103 Å². The summed E-state index contributed by atoms with van der Waals surface area (Å²) in [5, 5.41) is 3.10. The highest BCUT2D eigenvalue weighted by Gasteiger charge is 2.21. The summed E-state index contributed by atoms with van der Waals surface area (Å²) < 4.78 is 23.4. The van der Waals surface area contributed by atoms with E-state index in [2.05, 4.69) is 37.9 Å². The first-order valence-corrected chi connectivity index (χ1v) is 22.7. The van der Waals surface area contributed by atoms with Crippen molar-refractivity contribution in [3.63, 3.8) is 0 Å². The Balaban J connectivity index is 4.61. The van der Waals surface area contributed by atoms with E-state index in [0.717, 1.165) is 90.0 Å². The van der Waals surface area contributed by atoms with Crippen molar-refractivity contribution in [1.29, 1.82) is 0 Å². The molecular formula is C45H88N2O7. The highest BCUT2D eigenvalue weighted by molar-refractivity contribution is 5.76. The zero-order valence-electron chi connectivity index (χ0n) is 36.4. The van der Waals surface area contributed by atoms with Crippen molar-refractivity contribution >= 4 is 17.8 Å². The van der Waals surface area contributed by atoms with Gasteiger partial charge in [0.05, 0.1) is 44.3 Å². The minimum absolute atomic E-state index is 0.00533. The molecule has 0 saturated heterocycles. The maximum atomic E-state index is 12.9. The number of unbranched alkanes of at least 4 members (excludes halogenated alkanes) is 14. The first kappa shape index (κ1) is 52.3. The summed E-state index contributed by atoms with van der Waals surface area (Å²) in [7, 11) is 4.01. The van der Waals surface area contributed by atoms with Crippen LogP contribution in [0, 0.1) is 11.8 Å². The lowest BCUT2D eigenvalue weighted by atomic mass is 9.94. The molecule has 0 rings (SSSR count). The lowest BCUT2D eigenvalue weighted by molar-refractivity contribution is -0.150. The van der Waals surface area contributed by atoms with Crippen molar-refractivity contribution in [2.24, 2.45) is 11.8 Å². The number of carbonyl (C=O) groups is 3. The molecule has 0 aromatic carbocycles. The summed E-state index contributed by atoms with van der Waals surface area (Å²) in [4.78, 5) is 40.5. The number of hydrogen-bond acceptors (Lipinski definition) is 8. The summed E-state index contributed by atoms with van der Waals surface area (Å²) in [6.07, 6.45) is 26.9. The molecule has 320 valence electrons. The Labute approximate surface area is 333 Å². The number of esters is 2. The third-order valence-corrected chi connectivity index (χ3v) is 10.2. The molecule has 0 atom stereocenters. The number of rotatable bonds is 41. The molecule has 0 radical (unpaired) electrons. The van der Waals surface area contributed by atoms with E-state index in [1.165, 1.54) is 77.0 Å². The standard InChI is InChI=1S/C45H88N2O7/c1-7-11-15-19-28-40(29-20-16-12-8-2)44(49)53-36-25-23-34-51-38-42(46-43(48)32-27-33-47(5)6)39-52-35-24-26-37-54-45(50)41(30-21-17-13-9-3)31-22-18-14-10-4/h40-42H,7-39H2,1-6H3,(H,46,48). The molecule has 0 saturated carbocycles. The van der Waals surface area contributed by atoms with Gasteiger partial charge in [-0.2, -0.15) is 0 Å². The van der Waals surface area contributed by atoms with E-state index in [1.54, 1.807) is 0 Å². The van der Waals surface area contributed by atoms with Gasteiger partial charge in [-0.3, -0.25) is 14.4 Å². The van der Waals surface area contributed by atoms with Gasteiger partial charge in [0.25, 0.3) is 0 Å². The molecule has 0 aliphatic carbocycles. The molecule has 0 spiro atoms. The van der Waals surface area contributed by atoms with Crippen LogP contribution in [0.3, 0.4) is 0 Å². The van der Waals surface area contributed by atoms with Crippen LogP contribution in [-0.2, 0) is 33.3 Å². The van der Waals surface area contributed by atoms with Crippen LogP contribution in [0.1, 0.15) is 195 Å². The molecule has 0 aliphatic heterocycles. The van der Waals surface area contributed by atoms with Crippen molar-refractivity contribution in [1.82, 2.24) is 10.2 Å². The van der Waals surface area contributed by atoms with E-state index >= 15 is 0 Å². The fourth-order valence-corrected chi connectivity index (χ4v) is 6.66. The van der Waals surface area contributed by atoms with Crippen LogP contribution < -0.4 is 5.32 Å². The van der Waals surface area contributed by atoms with Gasteiger partial charge in [-0.15, -0.1) is 0 Å².